The Kier molecular flexibility index (Phi) is 3.18. The summed E-state index contributed by atoms with van der Waals surface area (Å²) >= 11 is 0. The van der Waals surface area contributed by atoms with Crippen molar-refractivity contribution < 1.29 is 13.9 Å². The summed E-state index contributed by atoms with van der Waals surface area (Å²) in [5, 5.41) is 1.23. The van der Waals surface area contributed by atoms with Crippen LogP contribution in [0.2, 0.25) is 0 Å². The van der Waals surface area contributed by atoms with E-state index in [1.807, 2.05) is 24.3 Å². The van der Waals surface area contributed by atoms with E-state index in [-0.39, 0.29) is 23.4 Å². The molecule has 0 amide bonds. The van der Waals surface area contributed by atoms with Crippen LogP contribution >= 0.6 is 0 Å². The van der Waals surface area contributed by atoms with Crippen LogP contribution in [0.4, 0.5) is 0 Å². The maximum atomic E-state index is 13.0. The molecule has 5 rings (SSSR count). The van der Waals surface area contributed by atoms with Crippen LogP contribution in [0.25, 0.3) is 21.9 Å². The van der Waals surface area contributed by atoms with Crippen LogP contribution in [0, 0.1) is 0 Å². The molecule has 4 aromatic rings. The van der Waals surface area contributed by atoms with Gasteiger partial charge in [0.1, 0.15) is 17.1 Å². The summed E-state index contributed by atoms with van der Waals surface area (Å²) in [4.78, 5) is 25.8. The molecule has 1 aliphatic rings. The van der Waals surface area contributed by atoms with Crippen molar-refractivity contribution in [2.45, 2.75) is 6.42 Å². The molecule has 6 heteroatoms. The van der Waals surface area contributed by atoms with Crippen molar-refractivity contribution in [1.29, 1.82) is 0 Å². The number of nitrogens with zero attached hydrogens (tertiary/aromatic N) is 1. The number of pyridine rings is 1. The van der Waals surface area contributed by atoms with Gasteiger partial charge >= 0.3 is 0 Å². The molecule has 1 aliphatic heterocycles. The van der Waals surface area contributed by atoms with E-state index in [1.54, 1.807) is 36.9 Å². The molecule has 134 valence electrons. The highest BCUT2D eigenvalue weighted by molar-refractivity contribution is 5.88. The highest BCUT2D eigenvalue weighted by Gasteiger charge is 2.28. The Labute approximate surface area is 153 Å². The predicted molar refractivity (Wildman–Crippen MR) is 101 cm³/mol. The maximum Gasteiger partial charge on any atom is 0.298 e. The summed E-state index contributed by atoms with van der Waals surface area (Å²) < 4.78 is 18.6. The maximum absolute atomic E-state index is 13.0. The van der Waals surface area contributed by atoms with Crippen LogP contribution in [-0.2, 0) is 13.5 Å². The first-order chi connectivity index (χ1) is 13.1. The number of hydrogen-bond acceptors (Lipinski definition) is 5. The molecule has 0 saturated heterocycles. The van der Waals surface area contributed by atoms with E-state index in [1.165, 1.54) is 0 Å². The van der Waals surface area contributed by atoms with Gasteiger partial charge in [-0.25, -0.2) is 0 Å². The summed E-state index contributed by atoms with van der Waals surface area (Å²) in [6, 6.07) is 12.5. The highest BCUT2D eigenvalue weighted by Crippen LogP contribution is 2.39. The summed E-state index contributed by atoms with van der Waals surface area (Å²) in [7, 11) is 3.27. The molecule has 27 heavy (non-hydrogen) atoms. The third-order valence-corrected chi connectivity index (χ3v) is 5.05. The molecular formula is C21H15NO5. The van der Waals surface area contributed by atoms with E-state index >= 15 is 0 Å². The fraction of sp³-hybridized carbons (Fsp3) is 0.143. The van der Waals surface area contributed by atoms with Crippen molar-refractivity contribution in [3.63, 3.8) is 0 Å². The second-order valence-corrected chi connectivity index (χ2v) is 6.53. The number of para-hydroxylation sites is 1. The highest BCUT2D eigenvalue weighted by atomic mass is 16.6. The van der Waals surface area contributed by atoms with Crippen LogP contribution in [0.15, 0.2) is 56.5 Å². The standard InChI is InChI=1S/C21H15NO5/c1-22-16-6-4-3-5-12(16)19-15(20(22)24)10-14-18(23)13-8-7-11(25-2)9-17(13)26-21(14)27-19/h3-9H,10H2,1-2H3. The van der Waals surface area contributed by atoms with E-state index in [0.29, 0.717) is 33.6 Å². The zero-order valence-corrected chi connectivity index (χ0v) is 14.7. The molecule has 0 fully saturated rings. The number of hydrogen-bond donors (Lipinski definition) is 0. The Hall–Kier alpha value is -3.54. The van der Waals surface area contributed by atoms with E-state index in [0.717, 1.165) is 10.9 Å². The largest absolute Gasteiger partial charge is 0.497 e. The first kappa shape index (κ1) is 15.7. The smallest absolute Gasteiger partial charge is 0.298 e. The van der Waals surface area contributed by atoms with Gasteiger partial charge < -0.3 is 18.5 Å². The zero-order valence-electron chi connectivity index (χ0n) is 14.7. The zero-order chi connectivity index (χ0) is 18.7. The van der Waals surface area contributed by atoms with Crippen LogP contribution in [0.5, 0.6) is 17.4 Å². The lowest BCUT2D eigenvalue weighted by Crippen LogP contribution is -2.26. The van der Waals surface area contributed by atoms with Gasteiger partial charge in [-0.3, -0.25) is 9.59 Å². The molecule has 0 radical (unpaired) electrons. The lowest BCUT2D eigenvalue weighted by molar-refractivity contribution is 0.338. The molecular weight excluding hydrogens is 346 g/mol. The summed E-state index contributed by atoms with van der Waals surface area (Å²) in [5.41, 5.74) is 1.58. The Balaban J connectivity index is 1.82. The van der Waals surface area contributed by atoms with E-state index in [4.69, 9.17) is 13.9 Å². The number of fused-ring (bicyclic) bond motifs is 5. The first-order valence-electron chi connectivity index (χ1n) is 8.50. The first-order valence-corrected chi connectivity index (χ1v) is 8.50. The van der Waals surface area contributed by atoms with Crippen LogP contribution in [0.1, 0.15) is 11.1 Å². The Morgan fingerprint density at radius 3 is 2.67 bits per heavy atom. The molecule has 0 spiro atoms. The molecule has 0 N–H and O–H groups in total. The van der Waals surface area contributed by atoms with E-state index in [9.17, 15) is 9.59 Å². The Morgan fingerprint density at radius 2 is 1.85 bits per heavy atom. The third kappa shape index (κ3) is 2.13. The normalized spacial score (nSPS) is 12.5. The average Bonchev–Trinajstić information content (AvgIpc) is 2.71. The van der Waals surface area contributed by atoms with Crippen molar-refractivity contribution >= 4 is 21.9 Å². The molecule has 2 aromatic heterocycles. The number of benzene rings is 2. The van der Waals surface area contributed by atoms with Gasteiger partial charge in [0.25, 0.3) is 11.5 Å². The van der Waals surface area contributed by atoms with Crippen LogP contribution in [0.3, 0.4) is 0 Å². The van der Waals surface area contributed by atoms with Crippen LogP contribution in [-0.4, -0.2) is 11.7 Å². The summed E-state index contributed by atoms with van der Waals surface area (Å²) in [6.07, 6.45) is 0.173. The van der Waals surface area contributed by atoms with Gasteiger partial charge in [-0.05, 0) is 24.3 Å². The number of ether oxygens (including phenoxy) is 2. The Morgan fingerprint density at radius 1 is 1.04 bits per heavy atom. The molecule has 2 aromatic carbocycles. The van der Waals surface area contributed by atoms with Crippen molar-refractivity contribution in [3.05, 3.63) is 74.2 Å². The molecule has 0 unspecified atom stereocenters. The van der Waals surface area contributed by atoms with Crippen molar-refractivity contribution in [3.8, 4) is 17.4 Å². The minimum absolute atomic E-state index is 0.131. The second kappa shape index (κ2) is 5.48. The number of aryl methyl sites for hydroxylation is 1. The van der Waals surface area contributed by atoms with Crippen molar-refractivity contribution in [2.24, 2.45) is 7.05 Å². The van der Waals surface area contributed by atoms with E-state index < -0.39 is 0 Å². The molecule has 3 heterocycles. The third-order valence-electron chi connectivity index (χ3n) is 5.05. The van der Waals surface area contributed by atoms with Gasteiger partial charge in [0.15, 0.2) is 5.43 Å². The SMILES string of the molecule is COc1ccc2c(=O)c3c(oc2c1)Oc1c(c(=O)n(C)c2ccccc12)C3. The lowest BCUT2D eigenvalue weighted by atomic mass is 10.00. The van der Waals surface area contributed by atoms with Gasteiger partial charge in [-0.15, -0.1) is 0 Å². The molecule has 6 nitrogen and oxygen atoms in total. The van der Waals surface area contributed by atoms with Gasteiger partial charge in [-0.2, -0.15) is 0 Å². The minimum atomic E-state index is -0.199. The lowest BCUT2D eigenvalue weighted by Gasteiger charge is -2.21. The molecule has 0 bridgehead atoms. The van der Waals surface area contributed by atoms with Gasteiger partial charge in [0.05, 0.1) is 29.1 Å². The molecule has 0 atom stereocenters. The topological polar surface area (TPSA) is 70.7 Å². The molecule has 0 saturated carbocycles. The van der Waals surface area contributed by atoms with Gasteiger partial charge in [-0.1, -0.05) is 12.1 Å². The monoisotopic (exact) mass is 361 g/mol. The number of methoxy groups -OCH3 is 1. The van der Waals surface area contributed by atoms with Crippen LogP contribution < -0.4 is 20.5 Å². The number of aromatic nitrogens is 1. The number of rotatable bonds is 1. The average molecular weight is 361 g/mol. The fourth-order valence-corrected chi connectivity index (χ4v) is 3.62. The van der Waals surface area contributed by atoms with Gasteiger partial charge in [0, 0.05) is 24.9 Å². The van der Waals surface area contributed by atoms with Crippen molar-refractivity contribution in [1.82, 2.24) is 4.57 Å². The van der Waals surface area contributed by atoms with Gasteiger partial charge in [0.2, 0.25) is 0 Å². The van der Waals surface area contributed by atoms with Crippen molar-refractivity contribution in [2.75, 3.05) is 7.11 Å². The quantitative estimate of drug-likeness (QED) is 0.458. The Bertz CT molecular complexity index is 1360. The predicted octanol–water partition coefficient (Wildman–Crippen LogP) is 3.35. The van der Waals surface area contributed by atoms with E-state index in [2.05, 4.69) is 0 Å². The fourth-order valence-electron chi connectivity index (χ4n) is 3.62. The minimum Gasteiger partial charge on any atom is -0.497 e. The summed E-state index contributed by atoms with van der Waals surface area (Å²) in [6.45, 7) is 0. The summed E-state index contributed by atoms with van der Waals surface area (Å²) in [5.74, 6) is 1.17. The molecule has 0 aliphatic carbocycles. The second-order valence-electron chi connectivity index (χ2n) is 6.53.